The summed E-state index contributed by atoms with van der Waals surface area (Å²) < 4.78 is 11.0. The van der Waals surface area contributed by atoms with Crippen LogP contribution in [0.1, 0.15) is 16.7 Å². The number of halogens is 1. The molecule has 0 bridgehead atoms. The highest BCUT2D eigenvalue weighted by Crippen LogP contribution is 2.25. The topological polar surface area (TPSA) is 71.3 Å². The van der Waals surface area contributed by atoms with E-state index in [9.17, 15) is 10.1 Å². The smallest absolute Gasteiger partial charge is 0.266 e. The minimum Gasteiger partial charge on any atom is -0.496 e. The normalized spacial score (nSPS) is 10.8. The SMILES string of the molecule is COc1ccc(Cl)cc1/C=C(\C#N)C(=O)Nc1ccc(OCc2ccc(C)cc2)cc1. The zero-order valence-corrected chi connectivity index (χ0v) is 17.9. The lowest BCUT2D eigenvalue weighted by atomic mass is 10.1. The number of benzene rings is 3. The molecule has 0 saturated heterocycles. The van der Waals surface area contributed by atoms with Gasteiger partial charge in [-0.25, -0.2) is 0 Å². The van der Waals surface area contributed by atoms with Gasteiger partial charge in [-0.05, 0) is 61.0 Å². The first kappa shape index (κ1) is 21.9. The predicted octanol–water partition coefficient (Wildman–Crippen LogP) is 5.78. The van der Waals surface area contributed by atoms with Crippen LogP contribution in [0.3, 0.4) is 0 Å². The molecule has 0 aliphatic heterocycles. The van der Waals surface area contributed by atoms with Crippen molar-refractivity contribution < 1.29 is 14.3 Å². The first-order valence-corrected chi connectivity index (χ1v) is 9.91. The van der Waals surface area contributed by atoms with E-state index in [4.69, 9.17) is 21.1 Å². The van der Waals surface area contributed by atoms with E-state index >= 15 is 0 Å². The van der Waals surface area contributed by atoms with Gasteiger partial charge in [-0.15, -0.1) is 0 Å². The summed E-state index contributed by atoms with van der Waals surface area (Å²) in [5.74, 6) is 0.663. The van der Waals surface area contributed by atoms with E-state index in [1.165, 1.54) is 18.7 Å². The standard InChI is InChI=1S/C25H21ClN2O3/c1-17-3-5-18(6-4-17)16-31-23-10-8-22(9-11-23)28-25(29)20(15-27)13-19-14-21(26)7-12-24(19)30-2/h3-14H,16H2,1-2H3,(H,28,29)/b20-13+. The molecule has 156 valence electrons. The zero-order chi connectivity index (χ0) is 22.2. The molecule has 5 nitrogen and oxygen atoms in total. The van der Waals surface area contributed by atoms with Crippen LogP contribution < -0.4 is 14.8 Å². The number of aryl methyl sites for hydroxylation is 1. The highest BCUT2D eigenvalue weighted by Gasteiger charge is 2.12. The van der Waals surface area contributed by atoms with Crippen LogP contribution in [0.15, 0.2) is 72.3 Å². The van der Waals surface area contributed by atoms with Crippen LogP contribution in [-0.4, -0.2) is 13.0 Å². The van der Waals surface area contributed by atoms with Crippen LogP contribution in [0.4, 0.5) is 5.69 Å². The third kappa shape index (κ3) is 6.11. The minimum atomic E-state index is -0.530. The Morgan fingerprint density at radius 3 is 2.45 bits per heavy atom. The Kier molecular flexibility index (Phi) is 7.31. The van der Waals surface area contributed by atoms with Crippen molar-refractivity contribution in [3.8, 4) is 17.6 Å². The molecule has 3 aromatic rings. The summed E-state index contributed by atoms with van der Waals surface area (Å²) >= 11 is 6.02. The van der Waals surface area contributed by atoms with Gasteiger partial charge < -0.3 is 14.8 Å². The highest BCUT2D eigenvalue weighted by atomic mass is 35.5. The molecule has 3 aromatic carbocycles. The minimum absolute atomic E-state index is 0.0692. The summed E-state index contributed by atoms with van der Waals surface area (Å²) in [6.07, 6.45) is 1.44. The second kappa shape index (κ2) is 10.3. The van der Waals surface area contributed by atoms with Gasteiger partial charge in [-0.2, -0.15) is 5.26 Å². The molecule has 0 fully saturated rings. The van der Waals surface area contributed by atoms with Crippen LogP contribution in [0.2, 0.25) is 5.02 Å². The first-order valence-electron chi connectivity index (χ1n) is 9.53. The lowest BCUT2D eigenvalue weighted by Crippen LogP contribution is -2.13. The van der Waals surface area contributed by atoms with E-state index in [1.54, 1.807) is 42.5 Å². The van der Waals surface area contributed by atoms with E-state index in [-0.39, 0.29) is 5.57 Å². The van der Waals surface area contributed by atoms with Crippen LogP contribution >= 0.6 is 11.6 Å². The van der Waals surface area contributed by atoms with Crippen molar-refractivity contribution in [3.05, 3.63) is 94.0 Å². The van der Waals surface area contributed by atoms with Crippen molar-refractivity contribution in [3.63, 3.8) is 0 Å². The van der Waals surface area contributed by atoms with Crippen LogP contribution in [0, 0.1) is 18.3 Å². The number of carbonyl (C=O) groups is 1. The second-order valence-electron chi connectivity index (χ2n) is 6.81. The van der Waals surface area contributed by atoms with E-state index in [0.29, 0.717) is 34.4 Å². The Labute approximate surface area is 186 Å². The fourth-order valence-electron chi connectivity index (χ4n) is 2.81. The molecule has 31 heavy (non-hydrogen) atoms. The van der Waals surface area contributed by atoms with Gasteiger partial charge in [-0.3, -0.25) is 4.79 Å². The summed E-state index contributed by atoms with van der Waals surface area (Å²) in [7, 11) is 1.51. The van der Waals surface area contributed by atoms with Crippen LogP contribution in [0.5, 0.6) is 11.5 Å². The number of nitrogens with zero attached hydrogens (tertiary/aromatic N) is 1. The highest BCUT2D eigenvalue weighted by molar-refractivity contribution is 6.30. The van der Waals surface area contributed by atoms with Gasteiger partial charge >= 0.3 is 0 Å². The molecule has 0 aliphatic rings. The first-order chi connectivity index (χ1) is 15.0. The lowest BCUT2D eigenvalue weighted by molar-refractivity contribution is -0.112. The maximum atomic E-state index is 12.5. The van der Waals surface area contributed by atoms with Gasteiger partial charge in [0.15, 0.2) is 0 Å². The summed E-state index contributed by atoms with van der Waals surface area (Å²) in [5.41, 5.74) is 3.29. The molecular formula is C25H21ClN2O3. The Hall–Kier alpha value is -3.75. The maximum Gasteiger partial charge on any atom is 0.266 e. The predicted molar refractivity (Wildman–Crippen MR) is 122 cm³/mol. The van der Waals surface area contributed by atoms with Crippen molar-refractivity contribution in [2.24, 2.45) is 0 Å². The molecule has 1 N–H and O–H groups in total. The van der Waals surface area contributed by atoms with Crippen molar-refractivity contribution in [1.82, 2.24) is 0 Å². The molecule has 0 aliphatic carbocycles. The number of anilines is 1. The molecule has 0 heterocycles. The summed E-state index contributed by atoms with van der Waals surface area (Å²) in [6.45, 7) is 2.49. The quantitative estimate of drug-likeness (QED) is 0.379. The number of carbonyl (C=O) groups excluding carboxylic acids is 1. The second-order valence-corrected chi connectivity index (χ2v) is 7.25. The van der Waals surface area contributed by atoms with E-state index < -0.39 is 5.91 Å². The number of nitrogens with one attached hydrogen (secondary N) is 1. The molecule has 0 atom stereocenters. The lowest BCUT2D eigenvalue weighted by Gasteiger charge is -2.09. The Bertz CT molecular complexity index is 1130. The Morgan fingerprint density at radius 1 is 1.10 bits per heavy atom. The average molecular weight is 433 g/mol. The van der Waals surface area contributed by atoms with E-state index in [2.05, 4.69) is 5.32 Å². The number of nitriles is 1. The molecule has 0 unspecified atom stereocenters. The monoisotopic (exact) mass is 432 g/mol. The van der Waals surface area contributed by atoms with Crippen molar-refractivity contribution in [1.29, 1.82) is 5.26 Å². The van der Waals surface area contributed by atoms with Gasteiger partial charge in [0, 0.05) is 16.3 Å². The molecular weight excluding hydrogens is 412 g/mol. The van der Waals surface area contributed by atoms with Gasteiger partial charge in [-0.1, -0.05) is 41.4 Å². The summed E-state index contributed by atoms with van der Waals surface area (Å²) in [5, 5.41) is 12.6. The van der Waals surface area contributed by atoms with Crippen molar-refractivity contribution in [2.75, 3.05) is 12.4 Å². The number of methoxy groups -OCH3 is 1. The fraction of sp³-hybridized carbons (Fsp3) is 0.120. The molecule has 6 heteroatoms. The van der Waals surface area contributed by atoms with Crippen LogP contribution in [0.25, 0.3) is 6.08 Å². The molecule has 3 rings (SSSR count). The van der Waals surface area contributed by atoms with E-state index in [0.717, 1.165) is 5.56 Å². The molecule has 0 radical (unpaired) electrons. The van der Waals surface area contributed by atoms with Gasteiger partial charge in [0.25, 0.3) is 5.91 Å². The summed E-state index contributed by atoms with van der Waals surface area (Å²) in [6, 6.07) is 22.0. The van der Waals surface area contributed by atoms with Gasteiger partial charge in [0.2, 0.25) is 0 Å². The molecule has 0 spiro atoms. The van der Waals surface area contributed by atoms with Crippen molar-refractivity contribution >= 4 is 29.3 Å². The van der Waals surface area contributed by atoms with Crippen molar-refractivity contribution in [2.45, 2.75) is 13.5 Å². The average Bonchev–Trinajstić information content (AvgIpc) is 2.78. The molecule has 1 amide bonds. The third-order valence-corrected chi connectivity index (χ3v) is 4.73. The zero-order valence-electron chi connectivity index (χ0n) is 17.2. The number of hydrogen-bond donors (Lipinski definition) is 1. The molecule has 0 saturated carbocycles. The number of ether oxygens (including phenoxy) is 2. The Morgan fingerprint density at radius 2 is 1.81 bits per heavy atom. The summed E-state index contributed by atoms with van der Waals surface area (Å²) in [4.78, 5) is 12.5. The van der Waals surface area contributed by atoms with Gasteiger partial charge in [0.1, 0.15) is 29.7 Å². The number of rotatable bonds is 7. The molecule has 0 aromatic heterocycles. The largest absolute Gasteiger partial charge is 0.496 e. The fourth-order valence-corrected chi connectivity index (χ4v) is 2.99. The maximum absolute atomic E-state index is 12.5. The van der Waals surface area contributed by atoms with Crippen LogP contribution in [-0.2, 0) is 11.4 Å². The third-order valence-electron chi connectivity index (χ3n) is 4.49. The number of hydrogen-bond acceptors (Lipinski definition) is 4. The van der Waals surface area contributed by atoms with E-state index in [1.807, 2.05) is 37.3 Å². The number of amides is 1. The Balaban J connectivity index is 1.66. The van der Waals surface area contributed by atoms with Gasteiger partial charge in [0.05, 0.1) is 7.11 Å².